The van der Waals surface area contributed by atoms with Crippen molar-refractivity contribution >= 4 is 17.4 Å². The summed E-state index contributed by atoms with van der Waals surface area (Å²) in [4.78, 5) is 14.5. The van der Waals surface area contributed by atoms with Crippen LogP contribution in [0.1, 0.15) is 18.9 Å². The maximum atomic E-state index is 12.2. The van der Waals surface area contributed by atoms with E-state index in [4.69, 9.17) is 16.3 Å². The number of halogens is 1. The lowest BCUT2D eigenvalue weighted by Gasteiger charge is -2.31. The van der Waals surface area contributed by atoms with Gasteiger partial charge >= 0.3 is 0 Å². The van der Waals surface area contributed by atoms with Gasteiger partial charge < -0.3 is 4.74 Å². The molecule has 0 bridgehead atoms. The molecular formula is C15H20ClNO2. The minimum absolute atomic E-state index is 0.142. The van der Waals surface area contributed by atoms with Crippen molar-refractivity contribution in [1.29, 1.82) is 0 Å². The Bertz CT molecular complexity index is 434. The Morgan fingerprint density at radius 1 is 1.53 bits per heavy atom. The van der Waals surface area contributed by atoms with Gasteiger partial charge in [0.05, 0.1) is 6.61 Å². The number of carbonyl (C=O) groups is 1. The quantitative estimate of drug-likeness (QED) is 0.831. The van der Waals surface area contributed by atoms with Gasteiger partial charge in [-0.25, -0.2) is 0 Å². The standard InChI is InChI=1S/C15H20ClNO2/c1-2-6-17-7-8-19-15(11-17)14(18)10-12-4-3-5-13(16)9-12/h3-5,9,15H,2,6-8,10-11H2,1H3. The molecule has 1 unspecified atom stereocenters. The molecule has 1 aliphatic heterocycles. The Hall–Kier alpha value is -0.900. The number of hydrogen-bond acceptors (Lipinski definition) is 3. The van der Waals surface area contributed by atoms with Crippen molar-refractivity contribution in [1.82, 2.24) is 4.90 Å². The van der Waals surface area contributed by atoms with Crippen LogP contribution in [-0.2, 0) is 16.0 Å². The van der Waals surface area contributed by atoms with Gasteiger partial charge in [0, 0.05) is 24.5 Å². The highest BCUT2D eigenvalue weighted by Crippen LogP contribution is 2.14. The van der Waals surface area contributed by atoms with E-state index < -0.39 is 0 Å². The van der Waals surface area contributed by atoms with Gasteiger partial charge in [-0.05, 0) is 30.7 Å². The molecule has 1 aromatic rings. The van der Waals surface area contributed by atoms with E-state index in [0.717, 1.165) is 25.1 Å². The van der Waals surface area contributed by atoms with Gasteiger partial charge in [-0.15, -0.1) is 0 Å². The fraction of sp³-hybridized carbons (Fsp3) is 0.533. The molecule has 0 aromatic heterocycles. The Morgan fingerprint density at radius 3 is 3.11 bits per heavy atom. The number of ether oxygens (including phenoxy) is 1. The molecule has 0 spiro atoms. The molecule has 0 amide bonds. The van der Waals surface area contributed by atoms with Crippen LogP contribution in [0.2, 0.25) is 5.02 Å². The largest absolute Gasteiger partial charge is 0.368 e. The topological polar surface area (TPSA) is 29.5 Å². The third-order valence-electron chi connectivity index (χ3n) is 3.32. The van der Waals surface area contributed by atoms with Gasteiger partial charge in [-0.3, -0.25) is 9.69 Å². The number of carbonyl (C=O) groups excluding carboxylic acids is 1. The van der Waals surface area contributed by atoms with Gasteiger partial charge in [0.2, 0.25) is 0 Å². The number of benzene rings is 1. The van der Waals surface area contributed by atoms with Crippen LogP contribution in [0.25, 0.3) is 0 Å². The molecule has 4 heteroatoms. The highest BCUT2D eigenvalue weighted by Gasteiger charge is 2.25. The van der Waals surface area contributed by atoms with Crippen LogP contribution in [0.3, 0.4) is 0 Å². The van der Waals surface area contributed by atoms with Gasteiger partial charge in [0.25, 0.3) is 0 Å². The maximum Gasteiger partial charge on any atom is 0.167 e. The summed E-state index contributed by atoms with van der Waals surface area (Å²) in [5.41, 5.74) is 0.953. The molecule has 1 saturated heterocycles. The molecule has 1 aromatic carbocycles. The molecule has 0 saturated carbocycles. The van der Waals surface area contributed by atoms with E-state index in [0.29, 0.717) is 24.6 Å². The highest BCUT2D eigenvalue weighted by molar-refractivity contribution is 6.30. The smallest absolute Gasteiger partial charge is 0.167 e. The second kappa shape index (κ2) is 7.04. The van der Waals surface area contributed by atoms with Crippen LogP contribution >= 0.6 is 11.6 Å². The van der Waals surface area contributed by atoms with Gasteiger partial charge in [-0.2, -0.15) is 0 Å². The van der Waals surface area contributed by atoms with Crippen LogP contribution in [0, 0.1) is 0 Å². The predicted molar refractivity (Wildman–Crippen MR) is 76.6 cm³/mol. The first-order valence-corrected chi connectivity index (χ1v) is 7.18. The summed E-state index contributed by atoms with van der Waals surface area (Å²) in [5.74, 6) is 0.142. The highest BCUT2D eigenvalue weighted by atomic mass is 35.5. The van der Waals surface area contributed by atoms with E-state index in [-0.39, 0.29) is 11.9 Å². The number of hydrogen-bond donors (Lipinski definition) is 0. The number of morpholine rings is 1. The Kier molecular flexibility index (Phi) is 5.37. The van der Waals surface area contributed by atoms with Crippen molar-refractivity contribution < 1.29 is 9.53 Å². The first-order valence-electron chi connectivity index (χ1n) is 6.80. The maximum absolute atomic E-state index is 12.2. The first-order chi connectivity index (χ1) is 9.19. The zero-order chi connectivity index (χ0) is 13.7. The molecule has 2 rings (SSSR count). The van der Waals surface area contributed by atoms with Crippen LogP contribution in [0.4, 0.5) is 0 Å². The second-order valence-corrected chi connectivity index (χ2v) is 5.37. The molecule has 1 fully saturated rings. The predicted octanol–water partition coefficient (Wildman–Crippen LogP) is 2.56. The number of rotatable bonds is 5. The lowest BCUT2D eigenvalue weighted by atomic mass is 10.0. The summed E-state index contributed by atoms with van der Waals surface area (Å²) >= 11 is 5.93. The van der Waals surface area contributed by atoms with E-state index in [2.05, 4.69) is 11.8 Å². The zero-order valence-electron chi connectivity index (χ0n) is 11.3. The molecule has 1 heterocycles. The van der Waals surface area contributed by atoms with Crippen LogP contribution in [-0.4, -0.2) is 43.0 Å². The Morgan fingerprint density at radius 2 is 2.37 bits per heavy atom. The number of nitrogens with zero attached hydrogens (tertiary/aromatic N) is 1. The van der Waals surface area contributed by atoms with Crippen molar-refractivity contribution in [3.63, 3.8) is 0 Å². The summed E-state index contributed by atoms with van der Waals surface area (Å²) < 4.78 is 5.59. The van der Waals surface area contributed by atoms with E-state index in [1.165, 1.54) is 0 Å². The van der Waals surface area contributed by atoms with E-state index in [9.17, 15) is 4.79 Å². The summed E-state index contributed by atoms with van der Waals surface area (Å²) in [6, 6.07) is 7.45. The molecule has 0 aliphatic carbocycles. The number of ketones is 1. The Labute approximate surface area is 119 Å². The minimum Gasteiger partial charge on any atom is -0.368 e. The van der Waals surface area contributed by atoms with Gasteiger partial charge in [0.1, 0.15) is 6.10 Å². The van der Waals surface area contributed by atoms with Crippen molar-refractivity contribution in [2.75, 3.05) is 26.2 Å². The average Bonchev–Trinajstić information content (AvgIpc) is 2.39. The monoisotopic (exact) mass is 281 g/mol. The van der Waals surface area contributed by atoms with Crippen LogP contribution < -0.4 is 0 Å². The first kappa shape index (κ1) is 14.5. The normalized spacial score (nSPS) is 20.4. The third-order valence-corrected chi connectivity index (χ3v) is 3.55. The SMILES string of the molecule is CCCN1CCOC(C(=O)Cc2cccc(Cl)c2)C1. The van der Waals surface area contributed by atoms with Crippen molar-refractivity contribution in [3.05, 3.63) is 34.9 Å². The molecule has 0 N–H and O–H groups in total. The average molecular weight is 282 g/mol. The minimum atomic E-state index is -0.292. The molecule has 104 valence electrons. The molecule has 0 radical (unpaired) electrons. The molecule has 1 atom stereocenters. The van der Waals surface area contributed by atoms with Crippen LogP contribution in [0.5, 0.6) is 0 Å². The molecule has 1 aliphatic rings. The van der Waals surface area contributed by atoms with Crippen molar-refractivity contribution in [2.24, 2.45) is 0 Å². The Balaban J connectivity index is 1.92. The molecule has 3 nitrogen and oxygen atoms in total. The van der Waals surface area contributed by atoms with E-state index in [1.54, 1.807) is 0 Å². The van der Waals surface area contributed by atoms with E-state index >= 15 is 0 Å². The second-order valence-electron chi connectivity index (χ2n) is 4.93. The molecule has 19 heavy (non-hydrogen) atoms. The molecular weight excluding hydrogens is 262 g/mol. The fourth-order valence-electron chi connectivity index (χ4n) is 2.38. The summed E-state index contributed by atoms with van der Waals surface area (Å²) in [5, 5.41) is 0.669. The van der Waals surface area contributed by atoms with Gasteiger partial charge in [0.15, 0.2) is 5.78 Å². The lowest BCUT2D eigenvalue weighted by molar-refractivity contribution is -0.135. The third kappa shape index (κ3) is 4.30. The number of Topliss-reactive ketones (excluding diaryl/α,β-unsaturated/α-hetero) is 1. The summed E-state index contributed by atoms with van der Waals surface area (Å²) in [7, 11) is 0. The summed E-state index contributed by atoms with van der Waals surface area (Å²) in [6.07, 6.45) is 1.21. The van der Waals surface area contributed by atoms with E-state index in [1.807, 2.05) is 24.3 Å². The summed E-state index contributed by atoms with van der Waals surface area (Å²) in [6.45, 7) is 5.47. The van der Waals surface area contributed by atoms with Crippen molar-refractivity contribution in [3.8, 4) is 0 Å². The van der Waals surface area contributed by atoms with Crippen LogP contribution in [0.15, 0.2) is 24.3 Å². The zero-order valence-corrected chi connectivity index (χ0v) is 12.0. The fourth-order valence-corrected chi connectivity index (χ4v) is 2.59. The van der Waals surface area contributed by atoms with Crippen molar-refractivity contribution in [2.45, 2.75) is 25.9 Å². The lowest BCUT2D eigenvalue weighted by Crippen LogP contribution is -2.46. The van der Waals surface area contributed by atoms with Gasteiger partial charge in [-0.1, -0.05) is 30.7 Å².